The Balaban J connectivity index is 0. The van der Waals surface area contributed by atoms with Crippen LogP contribution in [0.1, 0.15) is 13.8 Å². The average Bonchev–Trinajstić information content (AvgIpc) is 1.31. The SMILES string of the molecule is CC(C)[Si](C)(C)C.[AlH3]. The highest BCUT2D eigenvalue weighted by atomic mass is 28.3. The van der Waals surface area contributed by atoms with Crippen LogP contribution >= 0.6 is 0 Å². The van der Waals surface area contributed by atoms with E-state index in [1.165, 1.54) is 0 Å². The molecule has 8 heavy (non-hydrogen) atoms. The fraction of sp³-hybridized carbons (Fsp3) is 1.00. The molecular weight excluding hydrogens is 127 g/mol. The summed E-state index contributed by atoms with van der Waals surface area (Å²) < 4.78 is 0. The predicted molar refractivity (Wildman–Crippen MR) is 48.4 cm³/mol. The normalized spacial score (nSPS) is 11.2. The smallest absolute Gasteiger partial charge is 0.0694 e. The predicted octanol–water partition coefficient (Wildman–Crippen LogP) is 1.55. The number of rotatable bonds is 1. The van der Waals surface area contributed by atoms with Crippen LogP contribution in [0.15, 0.2) is 0 Å². The van der Waals surface area contributed by atoms with Crippen LogP contribution in [-0.4, -0.2) is 25.4 Å². The second kappa shape index (κ2) is 3.71. The van der Waals surface area contributed by atoms with E-state index in [2.05, 4.69) is 33.5 Å². The Morgan fingerprint density at radius 3 is 1.12 bits per heavy atom. The standard InChI is InChI=1S/C6H16Si.Al.3H/c1-6(2)7(3,4)5;;;;/h6H,1-5H3;;;;. The van der Waals surface area contributed by atoms with Gasteiger partial charge < -0.3 is 0 Å². The van der Waals surface area contributed by atoms with Crippen LogP contribution in [-0.2, 0) is 0 Å². The van der Waals surface area contributed by atoms with Crippen molar-refractivity contribution in [2.75, 3.05) is 0 Å². The minimum atomic E-state index is -0.735. The maximum Gasteiger partial charge on any atom is 0.187 e. The van der Waals surface area contributed by atoms with Crippen LogP contribution in [0.5, 0.6) is 0 Å². The van der Waals surface area contributed by atoms with E-state index in [1.54, 1.807) is 0 Å². The Bertz CT molecular complexity index is 54.0. The van der Waals surface area contributed by atoms with Crippen molar-refractivity contribution >= 4 is 25.4 Å². The van der Waals surface area contributed by atoms with Crippen LogP contribution in [0.25, 0.3) is 0 Å². The van der Waals surface area contributed by atoms with Crippen molar-refractivity contribution in [3.8, 4) is 0 Å². The first-order valence-corrected chi connectivity index (χ1v) is 6.52. The summed E-state index contributed by atoms with van der Waals surface area (Å²) in [4.78, 5) is 0. The maximum absolute atomic E-state index is 2.40. The van der Waals surface area contributed by atoms with Crippen LogP contribution in [0.4, 0.5) is 0 Å². The van der Waals surface area contributed by atoms with Gasteiger partial charge in [0, 0.05) is 8.07 Å². The van der Waals surface area contributed by atoms with Crippen molar-refractivity contribution < 1.29 is 0 Å². The first-order chi connectivity index (χ1) is 2.94. The van der Waals surface area contributed by atoms with Gasteiger partial charge in [-0.3, -0.25) is 0 Å². The molecule has 0 unspecified atom stereocenters. The van der Waals surface area contributed by atoms with E-state index in [1.807, 2.05) is 0 Å². The van der Waals surface area contributed by atoms with Gasteiger partial charge in [0.1, 0.15) is 0 Å². The highest BCUT2D eigenvalue weighted by molar-refractivity contribution is 6.77. The molecule has 0 heterocycles. The van der Waals surface area contributed by atoms with E-state index in [0.29, 0.717) is 0 Å². The van der Waals surface area contributed by atoms with Gasteiger partial charge in [-0.25, -0.2) is 0 Å². The van der Waals surface area contributed by atoms with Crippen LogP contribution in [0, 0.1) is 0 Å². The van der Waals surface area contributed by atoms with Gasteiger partial charge in [0.15, 0.2) is 17.4 Å². The zero-order valence-electron chi connectivity index (χ0n) is 6.08. The van der Waals surface area contributed by atoms with Crippen molar-refractivity contribution in [1.82, 2.24) is 0 Å². The molecule has 0 aromatic heterocycles. The fourth-order valence-electron chi connectivity index (χ4n) is 0. The molecule has 0 aromatic rings. The van der Waals surface area contributed by atoms with E-state index in [4.69, 9.17) is 0 Å². The zero-order valence-corrected chi connectivity index (χ0v) is 7.08. The van der Waals surface area contributed by atoms with Gasteiger partial charge in [0.05, 0.1) is 0 Å². The van der Waals surface area contributed by atoms with Gasteiger partial charge in [0.2, 0.25) is 0 Å². The first kappa shape index (κ1) is 11.5. The molecule has 0 atom stereocenters. The fourth-order valence-corrected chi connectivity index (χ4v) is 0. The highest BCUT2D eigenvalue weighted by Gasteiger charge is 2.16. The summed E-state index contributed by atoms with van der Waals surface area (Å²) in [5.74, 6) is 0. The van der Waals surface area contributed by atoms with Gasteiger partial charge >= 0.3 is 0 Å². The molecule has 0 N–H and O–H groups in total. The molecule has 0 rings (SSSR count). The van der Waals surface area contributed by atoms with Crippen molar-refractivity contribution in [3.63, 3.8) is 0 Å². The van der Waals surface area contributed by atoms with Gasteiger partial charge in [-0.15, -0.1) is 0 Å². The molecule has 0 saturated carbocycles. The minimum absolute atomic E-state index is 0. The molecule has 0 aromatic carbocycles. The summed E-state index contributed by atoms with van der Waals surface area (Å²) in [6.45, 7) is 11.8. The molecule has 2 heteroatoms. The molecule has 50 valence electrons. The van der Waals surface area contributed by atoms with E-state index in [0.717, 1.165) is 5.54 Å². The third-order valence-electron chi connectivity index (χ3n) is 1.73. The summed E-state index contributed by atoms with van der Waals surface area (Å²) in [5.41, 5.74) is 0.937. The molecular formula is C6H19AlSi. The minimum Gasteiger partial charge on any atom is -0.0694 e. The number of hydrogen-bond acceptors (Lipinski definition) is 0. The topological polar surface area (TPSA) is 0 Å². The summed E-state index contributed by atoms with van der Waals surface area (Å²) in [6.07, 6.45) is 0. The Kier molecular flexibility index (Phi) is 5.35. The van der Waals surface area contributed by atoms with Crippen molar-refractivity contribution in [2.24, 2.45) is 0 Å². The third kappa shape index (κ3) is 4.90. The van der Waals surface area contributed by atoms with E-state index in [9.17, 15) is 0 Å². The van der Waals surface area contributed by atoms with Gasteiger partial charge in [-0.2, -0.15) is 0 Å². The highest BCUT2D eigenvalue weighted by Crippen LogP contribution is 2.18. The Morgan fingerprint density at radius 2 is 1.12 bits per heavy atom. The third-order valence-corrected chi connectivity index (χ3v) is 5.20. The van der Waals surface area contributed by atoms with Gasteiger partial charge in [-0.1, -0.05) is 39.0 Å². The van der Waals surface area contributed by atoms with Gasteiger partial charge in [-0.05, 0) is 0 Å². The molecule has 0 bridgehead atoms. The van der Waals surface area contributed by atoms with Crippen LogP contribution in [0.3, 0.4) is 0 Å². The lowest BCUT2D eigenvalue weighted by Gasteiger charge is -2.19. The summed E-state index contributed by atoms with van der Waals surface area (Å²) >= 11 is 0. The lowest BCUT2D eigenvalue weighted by Crippen LogP contribution is -2.23. The largest absolute Gasteiger partial charge is 0.187 e. The summed E-state index contributed by atoms with van der Waals surface area (Å²) in [5, 5.41) is 0. The monoisotopic (exact) mass is 146 g/mol. The Labute approximate surface area is 64.8 Å². The van der Waals surface area contributed by atoms with Crippen molar-refractivity contribution in [2.45, 2.75) is 39.0 Å². The van der Waals surface area contributed by atoms with Crippen molar-refractivity contribution in [1.29, 1.82) is 0 Å². The zero-order chi connectivity index (χ0) is 6.08. The second-order valence-corrected chi connectivity index (χ2v) is 9.41. The molecule has 0 aliphatic rings. The van der Waals surface area contributed by atoms with E-state index >= 15 is 0 Å². The molecule has 0 spiro atoms. The van der Waals surface area contributed by atoms with Crippen LogP contribution < -0.4 is 0 Å². The van der Waals surface area contributed by atoms with Gasteiger partial charge in [0.25, 0.3) is 0 Å². The quantitative estimate of drug-likeness (QED) is 0.492. The summed E-state index contributed by atoms with van der Waals surface area (Å²) in [7, 11) is -0.735. The lowest BCUT2D eigenvalue weighted by atomic mass is 10.6. The summed E-state index contributed by atoms with van der Waals surface area (Å²) in [6, 6.07) is 0. The van der Waals surface area contributed by atoms with E-state index in [-0.39, 0.29) is 17.4 Å². The maximum atomic E-state index is 2.40. The van der Waals surface area contributed by atoms with E-state index < -0.39 is 8.07 Å². The second-order valence-electron chi connectivity index (χ2n) is 3.52. The molecule has 0 aliphatic heterocycles. The first-order valence-electron chi connectivity index (χ1n) is 2.94. The average molecular weight is 146 g/mol. The Morgan fingerprint density at radius 1 is 1.00 bits per heavy atom. The molecule has 0 fully saturated rings. The molecule has 0 nitrogen and oxygen atoms in total. The van der Waals surface area contributed by atoms with Crippen molar-refractivity contribution in [3.05, 3.63) is 0 Å². The molecule has 0 saturated heterocycles. The Hall–Kier alpha value is 0.749. The lowest BCUT2D eigenvalue weighted by molar-refractivity contribution is 1.01. The number of hydrogen-bond donors (Lipinski definition) is 0. The van der Waals surface area contributed by atoms with Crippen LogP contribution in [0.2, 0.25) is 25.2 Å². The molecule has 0 radical (unpaired) electrons. The molecule has 0 amide bonds. The molecule has 0 aliphatic carbocycles.